The molecule has 1 aromatic carbocycles. The molecule has 0 radical (unpaired) electrons. The van der Waals surface area contributed by atoms with E-state index in [1.165, 1.54) is 0 Å². The SMILES string of the molecule is CCOCCCNC(=NC)NCc1ccc(OCC)c(OC)c1.I. The highest BCUT2D eigenvalue weighted by molar-refractivity contribution is 14.0. The number of ether oxygens (including phenoxy) is 3. The Labute approximate surface area is 162 Å². The number of hydrogen-bond donors (Lipinski definition) is 2. The molecule has 0 aliphatic rings. The number of methoxy groups -OCH3 is 1. The molecular weight excluding hydrogens is 421 g/mol. The summed E-state index contributed by atoms with van der Waals surface area (Å²) in [4.78, 5) is 4.21. The first-order chi connectivity index (χ1) is 11.2. The zero-order chi connectivity index (χ0) is 16.9. The van der Waals surface area contributed by atoms with Crippen LogP contribution in [0.4, 0.5) is 0 Å². The predicted molar refractivity (Wildman–Crippen MR) is 109 cm³/mol. The molecule has 0 aromatic heterocycles. The van der Waals surface area contributed by atoms with Crippen molar-refractivity contribution in [2.45, 2.75) is 26.8 Å². The highest BCUT2D eigenvalue weighted by atomic mass is 127. The third-order valence-electron chi connectivity index (χ3n) is 3.17. The average molecular weight is 451 g/mol. The minimum atomic E-state index is 0. The molecule has 1 rings (SSSR count). The van der Waals surface area contributed by atoms with E-state index >= 15 is 0 Å². The molecule has 0 fully saturated rings. The molecule has 24 heavy (non-hydrogen) atoms. The van der Waals surface area contributed by atoms with Crippen molar-refractivity contribution in [3.8, 4) is 11.5 Å². The van der Waals surface area contributed by atoms with Gasteiger partial charge in [-0.25, -0.2) is 0 Å². The van der Waals surface area contributed by atoms with E-state index in [2.05, 4.69) is 15.6 Å². The summed E-state index contributed by atoms with van der Waals surface area (Å²) >= 11 is 0. The van der Waals surface area contributed by atoms with E-state index in [1.54, 1.807) is 14.2 Å². The second kappa shape index (κ2) is 14.2. The Morgan fingerprint density at radius 3 is 2.54 bits per heavy atom. The molecule has 0 heterocycles. The van der Waals surface area contributed by atoms with Crippen LogP contribution in [0.2, 0.25) is 0 Å². The number of nitrogens with zero attached hydrogens (tertiary/aromatic N) is 1. The Kier molecular flexibility index (Phi) is 13.4. The fourth-order valence-electron chi connectivity index (χ4n) is 2.03. The van der Waals surface area contributed by atoms with Crippen molar-refractivity contribution in [1.29, 1.82) is 0 Å². The van der Waals surface area contributed by atoms with E-state index in [0.717, 1.165) is 49.2 Å². The van der Waals surface area contributed by atoms with E-state index in [-0.39, 0.29) is 24.0 Å². The molecule has 0 aliphatic carbocycles. The maximum absolute atomic E-state index is 5.52. The van der Waals surface area contributed by atoms with Crippen LogP contribution in [0, 0.1) is 0 Å². The van der Waals surface area contributed by atoms with Gasteiger partial charge in [-0.05, 0) is 38.0 Å². The molecule has 0 saturated heterocycles. The van der Waals surface area contributed by atoms with Crippen molar-refractivity contribution in [1.82, 2.24) is 10.6 Å². The smallest absolute Gasteiger partial charge is 0.191 e. The number of halogens is 1. The molecule has 0 bridgehead atoms. The zero-order valence-electron chi connectivity index (χ0n) is 15.1. The molecule has 0 atom stereocenters. The molecule has 138 valence electrons. The standard InChI is InChI=1S/C17H29N3O3.HI/c1-5-22-11-7-10-19-17(18-3)20-13-14-8-9-15(23-6-2)16(12-14)21-4;/h8-9,12H,5-7,10-11,13H2,1-4H3,(H2,18,19,20);1H. The lowest BCUT2D eigenvalue weighted by Gasteiger charge is -2.14. The summed E-state index contributed by atoms with van der Waals surface area (Å²) in [5.74, 6) is 2.28. The normalized spacial score (nSPS) is 10.8. The third-order valence-corrected chi connectivity index (χ3v) is 3.17. The van der Waals surface area contributed by atoms with Gasteiger partial charge in [-0.3, -0.25) is 4.99 Å². The Morgan fingerprint density at radius 2 is 1.92 bits per heavy atom. The van der Waals surface area contributed by atoms with Gasteiger partial charge in [0.05, 0.1) is 13.7 Å². The molecule has 0 unspecified atom stereocenters. The van der Waals surface area contributed by atoms with Crippen LogP contribution in [-0.2, 0) is 11.3 Å². The first-order valence-electron chi connectivity index (χ1n) is 8.07. The van der Waals surface area contributed by atoms with Crippen LogP contribution in [0.15, 0.2) is 23.2 Å². The first kappa shape index (κ1) is 22.8. The van der Waals surface area contributed by atoms with E-state index in [4.69, 9.17) is 14.2 Å². The number of aliphatic imine (C=N–C) groups is 1. The summed E-state index contributed by atoms with van der Waals surface area (Å²) in [6.07, 6.45) is 0.950. The monoisotopic (exact) mass is 451 g/mol. The van der Waals surface area contributed by atoms with Crippen LogP contribution in [0.5, 0.6) is 11.5 Å². The summed E-state index contributed by atoms with van der Waals surface area (Å²) in [7, 11) is 3.41. The maximum atomic E-state index is 5.52. The quantitative estimate of drug-likeness (QED) is 0.248. The number of benzene rings is 1. The Balaban J connectivity index is 0.00000529. The molecule has 6 nitrogen and oxygen atoms in total. The van der Waals surface area contributed by atoms with Gasteiger partial charge in [-0.15, -0.1) is 24.0 Å². The lowest BCUT2D eigenvalue weighted by Crippen LogP contribution is -2.37. The molecule has 0 spiro atoms. The summed E-state index contributed by atoms with van der Waals surface area (Å²) in [6.45, 7) is 7.57. The fourth-order valence-corrected chi connectivity index (χ4v) is 2.03. The minimum absolute atomic E-state index is 0. The zero-order valence-corrected chi connectivity index (χ0v) is 17.4. The average Bonchev–Trinajstić information content (AvgIpc) is 2.58. The van der Waals surface area contributed by atoms with Crippen molar-refractivity contribution in [3.63, 3.8) is 0 Å². The first-order valence-corrected chi connectivity index (χ1v) is 8.07. The Hall–Kier alpha value is -1.22. The van der Waals surface area contributed by atoms with Crippen molar-refractivity contribution < 1.29 is 14.2 Å². The second-order valence-corrected chi connectivity index (χ2v) is 4.82. The number of guanidine groups is 1. The number of nitrogens with one attached hydrogen (secondary N) is 2. The maximum Gasteiger partial charge on any atom is 0.191 e. The Morgan fingerprint density at radius 1 is 1.12 bits per heavy atom. The van der Waals surface area contributed by atoms with E-state index < -0.39 is 0 Å². The molecule has 0 saturated carbocycles. The van der Waals surface area contributed by atoms with Gasteiger partial charge in [0.25, 0.3) is 0 Å². The van der Waals surface area contributed by atoms with Crippen LogP contribution < -0.4 is 20.1 Å². The van der Waals surface area contributed by atoms with Crippen molar-refractivity contribution >= 4 is 29.9 Å². The van der Waals surface area contributed by atoms with Gasteiger partial charge in [0.15, 0.2) is 17.5 Å². The van der Waals surface area contributed by atoms with E-state index in [1.807, 2.05) is 32.0 Å². The van der Waals surface area contributed by atoms with Crippen LogP contribution in [0.1, 0.15) is 25.8 Å². The van der Waals surface area contributed by atoms with E-state index in [0.29, 0.717) is 13.2 Å². The van der Waals surface area contributed by atoms with Crippen LogP contribution in [0.3, 0.4) is 0 Å². The van der Waals surface area contributed by atoms with Crippen molar-refractivity contribution in [2.24, 2.45) is 4.99 Å². The fraction of sp³-hybridized carbons (Fsp3) is 0.588. The predicted octanol–water partition coefficient (Wildman–Crippen LogP) is 2.80. The molecule has 2 N–H and O–H groups in total. The second-order valence-electron chi connectivity index (χ2n) is 4.82. The molecule has 0 amide bonds. The van der Waals surface area contributed by atoms with Gasteiger partial charge in [0.2, 0.25) is 0 Å². The largest absolute Gasteiger partial charge is 0.493 e. The van der Waals surface area contributed by atoms with Gasteiger partial charge in [-0.2, -0.15) is 0 Å². The highest BCUT2D eigenvalue weighted by Gasteiger charge is 2.06. The van der Waals surface area contributed by atoms with E-state index in [9.17, 15) is 0 Å². The van der Waals surface area contributed by atoms with Gasteiger partial charge in [0.1, 0.15) is 0 Å². The van der Waals surface area contributed by atoms with Crippen LogP contribution in [0.25, 0.3) is 0 Å². The molecule has 1 aromatic rings. The molecule has 7 heteroatoms. The van der Waals surface area contributed by atoms with Gasteiger partial charge in [0, 0.05) is 33.4 Å². The molecule has 0 aliphatic heterocycles. The third kappa shape index (κ3) is 8.58. The van der Waals surface area contributed by atoms with Crippen molar-refractivity contribution in [3.05, 3.63) is 23.8 Å². The summed E-state index contributed by atoms with van der Waals surface area (Å²) in [5, 5.41) is 6.54. The van der Waals surface area contributed by atoms with Crippen LogP contribution in [-0.4, -0.2) is 46.5 Å². The summed E-state index contributed by atoms with van der Waals surface area (Å²) in [5.41, 5.74) is 1.10. The minimum Gasteiger partial charge on any atom is -0.493 e. The van der Waals surface area contributed by atoms with Gasteiger partial charge < -0.3 is 24.8 Å². The number of hydrogen-bond acceptors (Lipinski definition) is 4. The summed E-state index contributed by atoms with van der Waals surface area (Å²) in [6, 6.07) is 5.92. The summed E-state index contributed by atoms with van der Waals surface area (Å²) < 4.78 is 16.2. The lowest BCUT2D eigenvalue weighted by atomic mass is 10.2. The van der Waals surface area contributed by atoms with Crippen molar-refractivity contribution in [2.75, 3.05) is 40.5 Å². The lowest BCUT2D eigenvalue weighted by molar-refractivity contribution is 0.145. The topological polar surface area (TPSA) is 64.1 Å². The highest BCUT2D eigenvalue weighted by Crippen LogP contribution is 2.27. The number of rotatable bonds is 10. The molecular formula is C17H30IN3O3. The van der Waals surface area contributed by atoms with Gasteiger partial charge in [-0.1, -0.05) is 6.07 Å². The van der Waals surface area contributed by atoms with Crippen LogP contribution >= 0.6 is 24.0 Å². The van der Waals surface area contributed by atoms with Gasteiger partial charge >= 0.3 is 0 Å². The Bertz CT molecular complexity index is 484.